The van der Waals surface area contributed by atoms with Gasteiger partial charge in [0, 0.05) is 45.0 Å². The van der Waals surface area contributed by atoms with Gasteiger partial charge in [-0.3, -0.25) is 29.5 Å². The van der Waals surface area contributed by atoms with Crippen molar-refractivity contribution in [1.29, 1.82) is 0 Å². The zero-order chi connectivity index (χ0) is 22.9. The van der Waals surface area contributed by atoms with Gasteiger partial charge in [-0.2, -0.15) is 0 Å². The summed E-state index contributed by atoms with van der Waals surface area (Å²) in [4.78, 5) is 41.0. The van der Waals surface area contributed by atoms with Crippen LogP contribution in [0, 0.1) is 16.0 Å². The second-order valence-electron chi connectivity index (χ2n) is 8.49. The highest BCUT2D eigenvalue weighted by Crippen LogP contribution is 2.32. The van der Waals surface area contributed by atoms with E-state index in [-0.39, 0.29) is 28.8 Å². The number of carbonyl (C=O) groups excluding carboxylic acids is 2. The van der Waals surface area contributed by atoms with Crippen LogP contribution in [0.1, 0.15) is 26.7 Å². The van der Waals surface area contributed by atoms with Crippen molar-refractivity contribution in [3.8, 4) is 0 Å². The molecule has 11 heteroatoms. The Morgan fingerprint density at radius 3 is 2.35 bits per heavy atom. The van der Waals surface area contributed by atoms with E-state index in [2.05, 4.69) is 0 Å². The van der Waals surface area contributed by atoms with Gasteiger partial charge in [-0.15, -0.1) is 0 Å². The Balaban J connectivity index is 1.69. The number of likely N-dealkylation sites (tertiary alicyclic amines) is 1. The summed E-state index contributed by atoms with van der Waals surface area (Å²) in [5.41, 5.74) is 0.0905. The number of carbonyl (C=O) groups is 2. The van der Waals surface area contributed by atoms with E-state index in [4.69, 9.17) is 0 Å². The van der Waals surface area contributed by atoms with E-state index < -0.39 is 20.8 Å². The molecule has 2 saturated heterocycles. The average Bonchev–Trinajstić information content (AvgIpc) is 2.99. The maximum absolute atomic E-state index is 12.8. The Morgan fingerprint density at radius 1 is 1.16 bits per heavy atom. The molecule has 10 nitrogen and oxygen atoms in total. The van der Waals surface area contributed by atoms with Crippen molar-refractivity contribution in [2.45, 2.75) is 37.6 Å². The van der Waals surface area contributed by atoms with Crippen LogP contribution in [0.3, 0.4) is 0 Å². The lowest BCUT2D eigenvalue weighted by molar-refractivity contribution is -0.384. The minimum absolute atomic E-state index is 0.0989. The third kappa shape index (κ3) is 5.04. The number of nitro groups is 1. The lowest BCUT2D eigenvalue weighted by Crippen LogP contribution is -2.52. The van der Waals surface area contributed by atoms with Crippen LogP contribution in [-0.2, 0) is 19.4 Å². The second-order valence-corrected chi connectivity index (χ2v) is 10.5. The number of imide groups is 1. The van der Waals surface area contributed by atoms with Gasteiger partial charge >= 0.3 is 0 Å². The zero-order valence-corrected chi connectivity index (χ0v) is 18.8. The molecule has 170 valence electrons. The number of nitrogens with zero attached hydrogens (tertiary/aromatic N) is 4. The van der Waals surface area contributed by atoms with Crippen molar-refractivity contribution in [2.24, 2.45) is 5.92 Å². The monoisotopic (exact) mass is 452 g/mol. The first-order chi connectivity index (χ1) is 14.5. The van der Waals surface area contributed by atoms with E-state index in [0.29, 0.717) is 44.3 Å². The van der Waals surface area contributed by atoms with Crippen molar-refractivity contribution in [2.75, 3.05) is 43.9 Å². The van der Waals surface area contributed by atoms with Crippen molar-refractivity contribution in [3.63, 3.8) is 0 Å². The summed E-state index contributed by atoms with van der Waals surface area (Å²) in [6.45, 7) is 6.35. The summed E-state index contributed by atoms with van der Waals surface area (Å²) < 4.78 is 23.5. The number of sulfone groups is 1. The van der Waals surface area contributed by atoms with Gasteiger partial charge in [-0.05, 0) is 24.5 Å². The number of anilines is 1. The molecule has 0 radical (unpaired) electrons. The minimum atomic E-state index is -3.56. The summed E-state index contributed by atoms with van der Waals surface area (Å²) in [7, 11) is -3.56. The highest BCUT2D eigenvalue weighted by atomic mass is 32.2. The van der Waals surface area contributed by atoms with Crippen LogP contribution < -0.4 is 4.90 Å². The number of amides is 2. The van der Waals surface area contributed by atoms with Gasteiger partial charge < -0.3 is 4.90 Å². The Morgan fingerprint density at radius 2 is 1.81 bits per heavy atom. The molecule has 3 rings (SSSR count). The first-order valence-corrected chi connectivity index (χ1v) is 12.2. The average molecular weight is 453 g/mol. The van der Waals surface area contributed by atoms with Gasteiger partial charge in [0.05, 0.1) is 22.3 Å². The molecular weight excluding hydrogens is 424 g/mol. The van der Waals surface area contributed by atoms with Gasteiger partial charge in [0.15, 0.2) is 9.84 Å². The van der Waals surface area contributed by atoms with E-state index in [1.165, 1.54) is 17.0 Å². The molecule has 2 fully saturated rings. The molecule has 0 bridgehead atoms. The zero-order valence-electron chi connectivity index (χ0n) is 18.0. The second kappa shape index (κ2) is 8.91. The molecule has 0 N–H and O–H groups in total. The van der Waals surface area contributed by atoms with E-state index in [9.17, 15) is 28.1 Å². The summed E-state index contributed by atoms with van der Waals surface area (Å²) in [6.07, 6.45) is 1.94. The van der Waals surface area contributed by atoms with Crippen LogP contribution in [0.2, 0.25) is 0 Å². The van der Waals surface area contributed by atoms with Crippen LogP contribution in [0.25, 0.3) is 0 Å². The van der Waals surface area contributed by atoms with E-state index >= 15 is 0 Å². The van der Waals surface area contributed by atoms with Crippen LogP contribution in [0.15, 0.2) is 23.1 Å². The number of hydrogen-bond acceptors (Lipinski definition) is 8. The molecule has 1 aromatic rings. The summed E-state index contributed by atoms with van der Waals surface area (Å²) >= 11 is 0. The highest BCUT2D eigenvalue weighted by Gasteiger charge is 2.42. The molecule has 2 aliphatic rings. The fourth-order valence-corrected chi connectivity index (χ4v) is 4.64. The molecule has 1 unspecified atom stereocenters. The molecule has 0 aromatic heterocycles. The molecule has 0 spiro atoms. The Bertz CT molecular complexity index is 985. The largest absolute Gasteiger partial charge is 0.363 e. The molecular formula is C20H28N4O6S. The first-order valence-electron chi connectivity index (χ1n) is 10.3. The predicted molar refractivity (Wildman–Crippen MR) is 115 cm³/mol. The van der Waals surface area contributed by atoms with E-state index in [1.807, 2.05) is 23.6 Å². The molecule has 31 heavy (non-hydrogen) atoms. The van der Waals surface area contributed by atoms with Gasteiger partial charge in [-0.25, -0.2) is 8.42 Å². The number of rotatable bonds is 7. The minimum Gasteiger partial charge on any atom is -0.363 e. The number of nitro benzene ring substituents is 1. The van der Waals surface area contributed by atoms with Crippen LogP contribution in [0.5, 0.6) is 0 Å². The number of benzene rings is 1. The molecule has 2 amide bonds. The van der Waals surface area contributed by atoms with Crippen LogP contribution in [0.4, 0.5) is 11.4 Å². The van der Waals surface area contributed by atoms with E-state index in [1.54, 1.807) is 0 Å². The van der Waals surface area contributed by atoms with Gasteiger partial charge in [0.1, 0.15) is 5.69 Å². The van der Waals surface area contributed by atoms with Gasteiger partial charge in [0.2, 0.25) is 11.8 Å². The van der Waals surface area contributed by atoms with Crippen molar-refractivity contribution in [3.05, 3.63) is 28.3 Å². The number of hydrogen-bond donors (Lipinski definition) is 0. The Kier molecular flexibility index (Phi) is 6.65. The van der Waals surface area contributed by atoms with Crippen molar-refractivity contribution >= 4 is 33.0 Å². The molecule has 2 heterocycles. The lowest BCUT2D eigenvalue weighted by Gasteiger charge is -2.37. The normalized spacial score (nSPS) is 20.7. The van der Waals surface area contributed by atoms with Crippen LogP contribution in [-0.4, -0.2) is 80.0 Å². The van der Waals surface area contributed by atoms with Gasteiger partial charge in [-0.1, -0.05) is 13.8 Å². The summed E-state index contributed by atoms with van der Waals surface area (Å²) in [5.74, 6) is 0.0840. The summed E-state index contributed by atoms with van der Waals surface area (Å²) in [6, 6.07) is 3.44. The van der Waals surface area contributed by atoms with Crippen LogP contribution >= 0.6 is 0 Å². The fraction of sp³-hybridized carbons (Fsp3) is 0.600. The van der Waals surface area contributed by atoms with E-state index in [0.717, 1.165) is 18.7 Å². The third-order valence-corrected chi connectivity index (χ3v) is 6.93. The predicted octanol–water partition coefficient (Wildman–Crippen LogP) is 1.29. The molecule has 1 atom stereocenters. The maximum atomic E-state index is 12.8. The SMILES string of the molecule is CC(C)CCN1C(=O)CC(N2CCN(c3ccc(S(C)(=O)=O)cc3[N+](=O)[O-])CC2)C1=O. The molecule has 0 aliphatic carbocycles. The molecule has 0 saturated carbocycles. The quantitative estimate of drug-likeness (QED) is 0.345. The topological polar surface area (TPSA) is 121 Å². The smallest absolute Gasteiger partial charge is 0.293 e. The van der Waals surface area contributed by atoms with Crippen molar-refractivity contribution in [1.82, 2.24) is 9.80 Å². The third-order valence-electron chi connectivity index (χ3n) is 5.82. The highest BCUT2D eigenvalue weighted by molar-refractivity contribution is 7.90. The van der Waals surface area contributed by atoms with Crippen molar-refractivity contribution < 1.29 is 22.9 Å². The molecule has 1 aromatic carbocycles. The Labute approximate surface area is 181 Å². The fourth-order valence-electron chi connectivity index (χ4n) is 4.00. The standard InChI is InChI=1S/C20H28N4O6S/c1-14(2)6-7-23-19(25)13-18(20(23)26)22-10-8-21(9-11-22)16-5-4-15(31(3,29)30)12-17(16)24(27)28/h4-5,12,14,18H,6-11,13H2,1-3H3. The summed E-state index contributed by atoms with van der Waals surface area (Å²) in [5, 5.41) is 11.5. The molecule has 2 aliphatic heterocycles. The Hall–Kier alpha value is -2.53. The maximum Gasteiger partial charge on any atom is 0.293 e. The van der Waals surface area contributed by atoms with Gasteiger partial charge in [0.25, 0.3) is 5.69 Å². The lowest BCUT2D eigenvalue weighted by atomic mass is 10.1. The first kappa shape index (κ1) is 23.1. The number of piperazine rings is 1.